The van der Waals surface area contributed by atoms with E-state index in [-0.39, 0.29) is 17.6 Å². The summed E-state index contributed by atoms with van der Waals surface area (Å²) in [5.41, 5.74) is 0.0453. The number of hydrogen-bond acceptors (Lipinski definition) is 6. The van der Waals surface area contributed by atoms with Gasteiger partial charge in [0.25, 0.3) is 5.91 Å². The van der Waals surface area contributed by atoms with Crippen LogP contribution in [0, 0.1) is 0 Å². The molecule has 2 aliphatic rings. The van der Waals surface area contributed by atoms with Gasteiger partial charge in [-0.15, -0.1) is 0 Å². The zero-order valence-corrected chi connectivity index (χ0v) is 13.9. The molecule has 2 aromatic rings. The molecule has 2 atom stereocenters. The molecule has 0 aromatic carbocycles. The molecule has 0 saturated carbocycles. The maximum absolute atomic E-state index is 12.6. The number of piperidine rings is 1. The highest BCUT2D eigenvalue weighted by Gasteiger charge is 2.45. The van der Waals surface area contributed by atoms with Crippen molar-refractivity contribution < 1.29 is 14.3 Å². The summed E-state index contributed by atoms with van der Waals surface area (Å²) in [5, 5.41) is 0. The van der Waals surface area contributed by atoms with Gasteiger partial charge in [0.05, 0.1) is 31.1 Å². The zero-order valence-electron chi connectivity index (χ0n) is 13.9. The number of amides is 1. The van der Waals surface area contributed by atoms with E-state index in [0.29, 0.717) is 25.4 Å². The standard InChI is InChI=1S/C18H20N4O3/c23-17(16-11-20-6-7-21-16)22-8-2-4-18(13-22)9-15(12-24-18)25-14-3-1-5-19-10-14/h1,3,5-7,10-11,15H,2,4,8-9,12-13H2/t15-,18-/m0/s1. The number of aromatic nitrogens is 3. The smallest absolute Gasteiger partial charge is 0.274 e. The second-order valence-corrected chi connectivity index (χ2v) is 6.55. The quantitative estimate of drug-likeness (QED) is 0.847. The van der Waals surface area contributed by atoms with Crippen molar-refractivity contribution in [1.82, 2.24) is 19.9 Å². The summed E-state index contributed by atoms with van der Waals surface area (Å²) in [7, 11) is 0. The number of rotatable bonds is 3. The van der Waals surface area contributed by atoms with E-state index in [1.54, 1.807) is 18.6 Å². The first-order valence-corrected chi connectivity index (χ1v) is 8.50. The van der Waals surface area contributed by atoms with Crippen molar-refractivity contribution in [3.63, 3.8) is 0 Å². The summed E-state index contributed by atoms with van der Waals surface area (Å²) in [6, 6.07) is 3.74. The lowest BCUT2D eigenvalue weighted by Crippen LogP contribution is -2.50. The van der Waals surface area contributed by atoms with Crippen LogP contribution < -0.4 is 4.74 Å². The molecular formula is C18H20N4O3. The van der Waals surface area contributed by atoms with E-state index in [4.69, 9.17) is 9.47 Å². The third kappa shape index (κ3) is 3.46. The maximum atomic E-state index is 12.6. The molecule has 2 aromatic heterocycles. The fraction of sp³-hybridized carbons (Fsp3) is 0.444. The first-order chi connectivity index (χ1) is 12.2. The molecule has 7 heteroatoms. The highest BCUT2D eigenvalue weighted by Crippen LogP contribution is 2.36. The van der Waals surface area contributed by atoms with Crippen LogP contribution in [-0.2, 0) is 4.74 Å². The van der Waals surface area contributed by atoms with Crippen LogP contribution in [0.5, 0.6) is 5.75 Å². The molecule has 4 rings (SSSR count). The Morgan fingerprint density at radius 1 is 1.28 bits per heavy atom. The largest absolute Gasteiger partial charge is 0.486 e. The summed E-state index contributed by atoms with van der Waals surface area (Å²) in [5.74, 6) is 0.656. The third-order valence-electron chi connectivity index (χ3n) is 4.72. The van der Waals surface area contributed by atoms with Crippen LogP contribution in [0.4, 0.5) is 0 Å². The summed E-state index contributed by atoms with van der Waals surface area (Å²) < 4.78 is 12.1. The van der Waals surface area contributed by atoms with Crippen LogP contribution in [0.15, 0.2) is 43.1 Å². The Bertz CT molecular complexity index is 728. The van der Waals surface area contributed by atoms with Gasteiger partial charge in [-0.05, 0) is 25.0 Å². The lowest BCUT2D eigenvalue weighted by atomic mass is 9.89. The van der Waals surface area contributed by atoms with Crippen molar-refractivity contribution in [1.29, 1.82) is 0 Å². The van der Waals surface area contributed by atoms with Gasteiger partial charge in [0.2, 0.25) is 0 Å². The van der Waals surface area contributed by atoms with E-state index in [1.165, 1.54) is 12.4 Å². The van der Waals surface area contributed by atoms with Crippen molar-refractivity contribution in [3.8, 4) is 5.75 Å². The Morgan fingerprint density at radius 2 is 2.20 bits per heavy atom. The predicted molar refractivity (Wildman–Crippen MR) is 89.1 cm³/mol. The van der Waals surface area contributed by atoms with Crippen LogP contribution >= 0.6 is 0 Å². The van der Waals surface area contributed by atoms with Crippen molar-refractivity contribution in [2.75, 3.05) is 19.7 Å². The summed E-state index contributed by atoms with van der Waals surface area (Å²) in [4.78, 5) is 26.6. The van der Waals surface area contributed by atoms with Gasteiger partial charge in [0.1, 0.15) is 17.5 Å². The second-order valence-electron chi connectivity index (χ2n) is 6.55. The van der Waals surface area contributed by atoms with E-state index in [2.05, 4.69) is 15.0 Å². The number of nitrogens with zero attached hydrogens (tertiary/aromatic N) is 4. The van der Waals surface area contributed by atoms with Gasteiger partial charge in [-0.3, -0.25) is 14.8 Å². The summed E-state index contributed by atoms with van der Waals surface area (Å²) >= 11 is 0. The Hall–Kier alpha value is -2.54. The number of likely N-dealkylation sites (tertiary alicyclic amines) is 1. The maximum Gasteiger partial charge on any atom is 0.274 e. The Balaban J connectivity index is 1.42. The molecule has 0 unspecified atom stereocenters. The fourth-order valence-corrected chi connectivity index (χ4v) is 3.61. The third-order valence-corrected chi connectivity index (χ3v) is 4.72. The molecule has 1 spiro atoms. The molecule has 2 saturated heterocycles. The van der Waals surface area contributed by atoms with Crippen LogP contribution in [0.25, 0.3) is 0 Å². The molecule has 130 valence electrons. The Morgan fingerprint density at radius 3 is 3.00 bits per heavy atom. The molecular weight excluding hydrogens is 320 g/mol. The minimum Gasteiger partial charge on any atom is -0.486 e. The van der Waals surface area contributed by atoms with Crippen molar-refractivity contribution in [2.24, 2.45) is 0 Å². The van der Waals surface area contributed by atoms with Gasteiger partial charge < -0.3 is 14.4 Å². The lowest BCUT2D eigenvalue weighted by molar-refractivity contribution is -0.0454. The number of ether oxygens (including phenoxy) is 2. The first-order valence-electron chi connectivity index (χ1n) is 8.50. The molecule has 0 radical (unpaired) electrons. The predicted octanol–water partition coefficient (Wildman–Crippen LogP) is 1.71. The number of pyridine rings is 1. The molecule has 4 heterocycles. The summed E-state index contributed by atoms with van der Waals surface area (Å²) in [6.45, 7) is 1.81. The fourth-order valence-electron chi connectivity index (χ4n) is 3.61. The van der Waals surface area contributed by atoms with Gasteiger partial charge in [-0.1, -0.05) is 0 Å². The van der Waals surface area contributed by atoms with E-state index in [0.717, 1.165) is 25.0 Å². The van der Waals surface area contributed by atoms with E-state index in [1.807, 2.05) is 17.0 Å². The molecule has 0 N–H and O–H groups in total. The van der Waals surface area contributed by atoms with Gasteiger partial charge in [-0.2, -0.15) is 0 Å². The average Bonchev–Trinajstić information content (AvgIpc) is 3.04. The summed E-state index contributed by atoms with van der Waals surface area (Å²) in [6.07, 6.45) is 10.6. The average molecular weight is 340 g/mol. The highest BCUT2D eigenvalue weighted by atomic mass is 16.6. The van der Waals surface area contributed by atoms with Crippen molar-refractivity contribution in [2.45, 2.75) is 31.0 Å². The molecule has 1 amide bonds. The van der Waals surface area contributed by atoms with Gasteiger partial charge >= 0.3 is 0 Å². The zero-order chi connectivity index (χ0) is 17.1. The van der Waals surface area contributed by atoms with Crippen LogP contribution in [0.3, 0.4) is 0 Å². The second kappa shape index (κ2) is 6.76. The minimum atomic E-state index is -0.330. The van der Waals surface area contributed by atoms with E-state index in [9.17, 15) is 4.79 Å². The minimum absolute atomic E-state index is 0.0178. The SMILES string of the molecule is O=C(c1cnccn1)N1CCC[C@]2(C[C@H](Oc3cccnc3)CO2)C1. The monoisotopic (exact) mass is 340 g/mol. The number of carbonyl (C=O) groups is 1. The lowest BCUT2D eigenvalue weighted by Gasteiger charge is -2.39. The molecule has 2 aliphatic heterocycles. The highest BCUT2D eigenvalue weighted by molar-refractivity contribution is 5.92. The topological polar surface area (TPSA) is 77.4 Å². The number of hydrogen-bond donors (Lipinski definition) is 0. The van der Waals surface area contributed by atoms with Gasteiger partial charge in [0.15, 0.2) is 0 Å². The normalized spacial score (nSPS) is 25.9. The van der Waals surface area contributed by atoms with E-state index >= 15 is 0 Å². The molecule has 2 fully saturated rings. The van der Waals surface area contributed by atoms with Crippen LogP contribution in [0.2, 0.25) is 0 Å². The Labute approximate surface area is 146 Å². The molecule has 25 heavy (non-hydrogen) atoms. The van der Waals surface area contributed by atoms with Crippen molar-refractivity contribution in [3.05, 3.63) is 48.8 Å². The molecule has 7 nitrogen and oxygen atoms in total. The van der Waals surface area contributed by atoms with Crippen LogP contribution in [0.1, 0.15) is 29.8 Å². The van der Waals surface area contributed by atoms with Gasteiger partial charge in [-0.25, -0.2) is 4.98 Å². The Kier molecular flexibility index (Phi) is 4.31. The van der Waals surface area contributed by atoms with Crippen LogP contribution in [-0.4, -0.2) is 57.2 Å². The molecule has 0 aliphatic carbocycles. The van der Waals surface area contributed by atoms with Crippen molar-refractivity contribution >= 4 is 5.91 Å². The first kappa shape index (κ1) is 16.0. The number of carbonyl (C=O) groups excluding carboxylic acids is 1. The van der Waals surface area contributed by atoms with Gasteiger partial charge in [0, 0.05) is 31.6 Å². The van der Waals surface area contributed by atoms with E-state index < -0.39 is 0 Å². The molecule has 0 bridgehead atoms.